The molecule has 13 heavy (non-hydrogen) atoms. The molecule has 0 radical (unpaired) electrons. The predicted molar refractivity (Wildman–Crippen MR) is 63.7 cm³/mol. The average Bonchev–Trinajstić information content (AvgIpc) is 2.48. The van der Waals surface area contributed by atoms with E-state index < -0.39 is 0 Å². The first-order chi connectivity index (χ1) is 6.22. The van der Waals surface area contributed by atoms with Crippen molar-refractivity contribution in [3.63, 3.8) is 0 Å². The molecule has 1 nitrogen and oxygen atoms in total. The Morgan fingerprint density at radius 1 is 1.62 bits per heavy atom. The van der Waals surface area contributed by atoms with Crippen LogP contribution in [-0.4, -0.2) is 24.4 Å². The van der Waals surface area contributed by atoms with Crippen molar-refractivity contribution in [1.82, 2.24) is 4.90 Å². The van der Waals surface area contributed by atoms with E-state index >= 15 is 0 Å². The van der Waals surface area contributed by atoms with Gasteiger partial charge in [-0.15, -0.1) is 22.9 Å². The molecule has 0 aliphatic carbocycles. The van der Waals surface area contributed by atoms with Crippen LogP contribution in [0.5, 0.6) is 0 Å². The highest BCUT2D eigenvalue weighted by molar-refractivity contribution is 9.11. The van der Waals surface area contributed by atoms with Crippen LogP contribution < -0.4 is 0 Å². The lowest BCUT2D eigenvalue weighted by Gasteiger charge is -2.14. The molecular formula is C9H13BrClNS. The van der Waals surface area contributed by atoms with Crippen LogP contribution in [0.15, 0.2) is 15.2 Å². The first-order valence-corrected chi connectivity index (χ1v) is 6.40. The van der Waals surface area contributed by atoms with Gasteiger partial charge >= 0.3 is 0 Å². The van der Waals surface area contributed by atoms with E-state index in [-0.39, 0.29) is 0 Å². The SMILES string of the molecule is CN(CCCCl)Cc1csc(Br)c1. The summed E-state index contributed by atoms with van der Waals surface area (Å²) < 4.78 is 1.20. The van der Waals surface area contributed by atoms with Crippen LogP contribution >= 0.6 is 38.9 Å². The summed E-state index contributed by atoms with van der Waals surface area (Å²) in [6.07, 6.45) is 1.06. The second kappa shape index (κ2) is 6.02. The highest BCUT2D eigenvalue weighted by Crippen LogP contribution is 2.21. The van der Waals surface area contributed by atoms with Crippen LogP contribution in [0, 0.1) is 0 Å². The van der Waals surface area contributed by atoms with Crippen molar-refractivity contribution in [3.8, 4) is 0 Å². The molecule has 0 unspecified atom stereocenters. The van der Waals surface area contributed by atoms with Gasteiger partial charge in [0.25, 0.3) is 0 Å². The number of alkyl halides is 1. The van der Waals surface area contributed by atoms with Gasteiger partial charge in [-0.25, -0.2) is 0 Å². The number of hydrogen-bond donors (Lipinski definition) is 0. The van der Waals surface area contributed by atoms with Crippen molar-refractivity contribution < 1.29 is 0 Å². The molecule has 1 aromatic rings. The van der Waals surface area contributed by atoms with Crippen LogP contribution in [0.2, 0.25) is 0 Å². The van der Waals surface area contributed by atoms with Crippen molar-refractivity contribution in [2.45, 2.75) is 13.0 Å². The zero-order chi connectivity index (χ0) is 9.68. The van der Waals surface area contributed by atoms with Crippen molar-refractivity contribution in [1.29, 1.82) is 0 Å². The molecule has 0 atom stereocenters. The molecule has 0 aromatic carbocycles. The predicted octanol–water partition coefficient (Wildman–Crippen LogP) is 3.57. The minimum Gasteiger partial charge on any atom is -0.302 e. The average molecular weight is 283 g/mol. The maximum Gasteiger partial charge on any atom is 0.0701 e. The Labute approximate surface area is 96.8 Å². The normalized spacial score (nSPS) is 11.1. The van der Waals surface area contributed by atoms with Crippen LogP contribution in [-0.2, 0) is 6.54 Å². The monoisotopic (exact) mass is 281 g/mol. The fourth-order valence-corrected chi connectivity index (χ4v) is 2.47. The van der Waals surface area contributed by atoms with Crippen LogP contribution in [0.25, 0.3) is 0 Å². The van der Waals surface area contributed by atoms with E-state index in [9.17, 15) is 0 Å². The minimum absolute atomic E-state index is 0.748. The second-order valence-corrected chi connectivity index (χ2v) is 5.71. The Balaban J connectivity index is 2.31. The maximum absolute atomic E-state index is 5.62. The summed E-state index contributed by atoms with van der Waals surface area (Å²) in [6, 6.07) is 2.17. The zero-order valence-electron chi connectivity index (χ0n) is 7.59. The Morgan fingerprint density at radius 3 is 2.92 bits per heavy atom. The third kappa shape index (κ3) is 4.45. The third-order valence-electron chi connectivity index (χ3n) is 1.75. The summed E-state index contributed by atoms with van der Waals surface area (Å²) in [5.74, 6) is 0.748. The summed E-state index contributed by atoms with van der Waals surface area (Å²) in [5.41, 5.74) is 1.37. The van der Waals surface area contributed by atoms with Crippen molar-refractivity contribution in [2.24, 2.45) is 0 Å². The molecule has 1 rings (SSSR count). The Bertz CT molecular complexity index is 252. The summed E-state index contributed by atoms with van der Waals surface area (Å²) in [4.78, 5) is 2.29. The van der Waals surface area contributed by atoms with Crippen molar-refractivity contribution in [3.05, 3.63) is 20.8 Å². The van der Waals surface area contributed by atoms with Gasteiger partial charge in [0.15, 0.2) is 0 Å². The summed E-state index contributed by atoms with van der Waals surface area (Å²) in [5, 5.41) is 2.18. The fourth-order valence-electron chi connectivity index (χ4n) is 1.15. The van der Waals surface area contributed by atoms with Gasteiger partial charge < -0.3 is 4.90 Å². The van der Waals surface area contributed by atoms with E-state index in [1.54, 1.807) is 11.3 Å². The van der Waals surface area contributed by atoms with E-state index in [4.69, 9.17) is 11.6 Å². The second-order valence-electron chi connectivity index (χ2n) is 3.04. The molecule has 0 saturated carbocycles. The van der Waals surface area contributed by atoms with E-state index in [0.717, 1.165) is 25.4 Å². The quantitative estimate of drug-likeness (QED) is 0.746. The first-order valence-electron chi connectivity index (χ1n) is 4.20. The topological polar surface area (TPSA) is 3.24 Å². The molecule has 0 aliphatic rings. The van der Waals surface area contributed by atoms with Gasteiger partial charge in [0, 0.05) is 12.4 Å². The van der Waals surface area contributed by atoms with Crippen LogP contribution in [0.3, 0.4) is 0 Å². The van der Waals surface area contributed by atoms with E-state index in [2.05, 4.69) is 39.3 Å². The molecule has 0 saturated heterocycles. The third-order valence-corrected chi connectivity index (χ3v) is 3.57. The van der Waals surface area contributed by atoms with Crippen molar-refractivity contribution in [2.75, 3.05) is 19.5 Å². The lowest BCUT2D eigenvalue weighted by molar-refractivity contribution is 0.328. The number of nitrogens with zero attached hydrogens (tertiary/aromatic N) is 1. The van der Waals surface area contributed by atoms with E-state index in [0.29, 0.717) is 0 Å². The molecule has 0 aliphatic heterocycles. The smallest absolute Gasteiger partial charge is 0.0701 e. The molecule has 0 spiro atoms. The number of hydrogen-bond acceptors (Lipinski definition) is 2. The molecule has 1 heterocycles. The molecule has 4 heteroatoms. The fraction of sp³-hybridized carbons (Fsp3) is 0.556. The van der Waals surface area contributed by atoms with Gasteiger partial charge in [0.1, 0.15) is 0 Å². The summed E-state index contributed by atoms with van der Waals surface area (Å²) in [6.45, 7) is 2.08. The standard InChI is InChI=1S/C9H13BrClNS/c1-12(4-2-3-11)6-8-5-9(10)13-7-8/h5,7H,2-4,6H2,1H3. The zero-order valence-corrected chi connectivity index (χ0v) is 10.8. The van der Waals surface area contributed by atoms with Gasteiger partial charge in [0.05, 0.1) is 3.79 Å². The van der Waals surface area contributed by atoms with Crippen LogP contribution in [0.4, 0.5) is 0 Å². The number of rotatable bonds is 5. The molecule has 0 amide bonds. The van der Waals surface area contributed by atoms with Gasteiger partial charge in [-0.1, -0.05) is 0 Å². The first kappa shape index (κ1) is 11.5. The molecule has 0 fully saturated rings. The highest BCUT2D eigenvalue weighted by atomic mass is 79.9. The van der Waals surface area contributed by atoms with Crippen molar-refractivity contribution >= 4 is 38.9 Å². The largest absolute Gasteiger partial charge is 0.302 e. The Hall–Kier alpha value is 0.430. The Morgan fingerprint density at radius 2 is 2.38 bits per heavy atom. The van der Waals surface area contributed by atoms with Crippen LogP contribution in [0.1, 0.15) is 12.0 Å². The van der Waals surface area contributed by atoms with E-state index in [1.165, 1.54) is 9.35 Å². The molecule has 1 aromatic heterocycles. The number of thiophene rings is 1. The molecule has 0 bridgehead atoms. The summed E-state index contributed by atoms with van der Waals surface area (Å²) >= 11 is 10.8. The maximum atomic E-state index is 5.62. The van der Waals surface area contributed by atoms with Gasteiger partial charge in [0.2, 0.25) is 0 Å². The lowest BCUT2D eigenvalue weighted by atomic mass is 10.3. The molecule has 74 valence electrons. The van der Waals surface area contributed by atoms with E-state index in [1.807, 2.05) is 0 Å². The van der Waals surface area contributed by atoms with Gasteiger partial charge in [-0.05, 0) is 53.0 Å². The number of halogens is 2. The lowest BCUT2D eigenvalue weighted by Crippen LogP contribution is -2.18. The minimum atomic E-state index is 0.748. The Kier molecular flexibility index (Phi) is 5.32. The van der Waals surface area contributed by atoms with Gasteiger partial charge in [-0.2, -0.15) is 0 Å². The molecular weight excluding hydrogens is 270 g/mol. The van der Waals surface area contributed by atoms with Gasteiger partial charge in [-0.3, -0.25) is 0 Å². The molecule has 0 N–H and O–H groups in total. The highest BCUT2D eigenvalue weighted by Gasteiger charge is 2.01. The summed E-state index contributed by atoms with van der Waals surface area (Å²) in [7, 11) is 2.12.